The lowest BCUT2D eigenvalue weighted by molar-refractivity contribution is 0.417. The highest BCUT2D eigenvalue weighted by Gasteiger charge is 2.01. The molecule has 0 saturated carbocycles. The molecule has 0 bridgehead atoms. The smallest absolute Gasteiger partial charge is 0.193 e. The first-order valence-corrected chi connectivity index (χ1v) is 8.16. The SMILES string of the molecule is COc1ccccc1NC(N)=NCCCSc1ccccc1. The highest BCUT2D eigenvalue weighted by Crippen LogP contribution is 2.22. The van der Waals surface area contributed by atoms with Crippen molar-refractivity contribution >= 4 is 23.4 Å². The van der Waals surface area contributed by atoms with E-state index in [-0.39, 0.29) is 0 Å². The van der Waals surface area contributed by atoms with Gasteiger partial charge >= 0.3 is 0 Å². The molecule has 0 radical (unpaired) electrons. The van der Waals surface area contributed by atoms with Crippen molar-refractivity contribution in [3.63, 3.8) is 0 Å². The van der Waals surface area contributed by atoms with Crippen LogP contribution in [-0.2, 0) is 0 Å². The summed E-state index contributed by atoms with van der Waals surface area (Å²) in [5.74, 6) is 2.18. The van der Waals surface area contributed by atoms with Crippen molar-refractivity contribution < 1.29 is 4.74 Å². The number of nitrogens with zero attached hydrogens (tertiary/aromatic N) is 1. The fraction of sp³-hybridized carbons (Fsp3) is 0.235. The van der Waals surface area contributed by atoms with Crippen molar-refractivity contribution in [2.24, 2.45) is 10.7 Å². The maximum atomic E-state index is 5.90. The summed E-state index contributed by atoms with van der Waals surface area (Å²) < 4.78 is 5.26. The number of guanidine groups is 1. The van der Waals surface area contributed by atoms with Crippen LogP contribution in [0.2, 0.25) is 0 Å². The molecule has 2 aromatic rings. The van der Waals surface area contributed by atoms with E-state index < -0.39 is 0 Å². The third-order valence-electron chi connectivity index (χ3n) is 2.97. The van der Waals surface area contributed by atoms with E-state index in [1.807, 2.05) is 42.1 Å². The molecule has 3 N–H and O–H groups in total. The molecule has 0 aliphatic rings. The average molecular weight is 315 g/mol. The van der Waals surface area contributed by atoms with Crippen molar-refractivity contribution in [3.05, 3.63) is 54.6 Å². The van der Waals surface area contributed by atoms with Crippen molar-refractivity contribution in [1.82, 2.24) is 0 Å². The first-order chi connectivity index (χ1) is 10.8. The lowest BCUT2D eigenvalue weighted by Gasteiger charge is -2.10. The van der Waals surface area contributed by atoms with Gasteiger partial charge in [0.05, 0.1) is 12.8 Å². The number of rotatable bonds is 7. The molecule has 0 amide bonds. The first kappa shape index (κ1) is 16.2. The molecule has 0 unspecified atom stereocenters. The Bertz CT molecular complexity index is 602. The molecule has 0 fully saturated rings. The number of nitrogens with one attached hydrogen (secondary N) is 1. The van der Waals surface area contributed by atoms with Gasteiger partial charge in [-0.2, -0.15) is 0 Å². The number of hydrogen-bond donors (Lipinski definition) is 2. The molecule has 0 aliphatic heterocycles. The van der Waals surface area contributed by atoms with E-state index in [1.165, 1.54) is 4.90 Å². The van der Waals surface area contributed by atoms with Gasteiger partial charge in [-0.15, -0.1) is 11.8 Å². The van der Waals surface area contributed by atoms with Crippen LogP contribution in [0.15, 0.2) is 64.5 Å². The lowest BCUT2D eigenvalue weighted by Crippen LogP contribution is -2.23. The Hall–Kier alpha value is -2.14. The van der Waals surface area contributed by atoms with Gasteiger partial charge in [0.2, 0.25) is 0 Å². The van der Waals surface area contributed by atoms with E-state index in [1.54, 1.807) is 7.11 Å². The summed E-state index contributed by atoms with van der Waals surface area (Å²) in [6.07, 6.45) is 0.980. The van der Waals surface area contributed by atoms with Crippen LogP contribution in [0.4, 0.5) is 5.69 Å². The van der Waals surface area contributed by atoms with Crippen molar-refractivity contribution in [3.8, 4) is 5.75 Å². The van der Waals surface area contributed by atoms with Gasteiger partial charge in [0.25, 0.3) is 0 Å². The monoisotopic (exact) mass is 315 g/mol. The molecule has 2 rings (SSSR count). The number of methoxy groups -OCH3 is 1. The Morgan fingerprint density at radius 1 is 1.14 bits per heavy atom. The summed E-state index contributed by atoms with van der Waals surface area (Å²) in [5, 5.41) is 3.07. The second-order valence-electron chi connectivity index (χ2n) is 4.61. The normalized spacial score (nSPS) is 11.2. The molecular formula is C17H21N3OS. The van der Waals surface area contributed by atoms with Gasteiger partial charge in [-0.1, -0.05) is 30.3 Å². The molecule has 0 heterocycles. The molecule has 4 nitrogen and oxygen atoms in total. The number of para-hydroxylation sites is 2. The zero-order chi connectivity index (χ0) is 15.6. The first-order valence-electron chi connectivity index (χ1n) is 7.17. The van der Waals surface area contributed by atoms with Gasteiger partial charge in [0.1, 0.15) is 5.75 Å². The van der Waals surface area contributed by atoms with Crippen LogP contribution < -0.4 is 15.8 Å². The standard InChI is InChI=1S/C17H21N3OS/c1-21-16-11-6-5-10-15(16)20-17(18)19-12-7-13-22-14-8-3-2-4-9-14/h2-6,8-11H,7,12-13H2,1H3,(H3,18,19,20). The maximum Gasteiger partial charge on any atom is 0.193 e. The molecule has 0 saturated heterocycles. The van der Waals surface area contributed by atoms with E-state index >= 15 is 0 Å². The summed E-state index contributed by atoms with van der Waals surface area (Å²) in [5.41, 5.74) is 6.72. The Kier molecular flexibility index (Phi) is 6.64. The number of aliphatic imine (C=N–C) groups is 1. The minimum absolute atomic E-state index is 0.411. The van der Waals surface area contributed by atoms with Crippen LogP contribution in [-0.4, -0.2) is 25.4 Å². The fourth-order valence-electron chi connectivity index (χ4n) is 1.90. The molecule has 2 aromatic carbocycles. The molecule has 0 atom stereocenters. The number of thioether (sulfide) groups is 1. The number of ether oxygens (including phenoxy) is 1. The number of hydrogen-bond acceptors (Lipinski definition) is 3. The minimum atomic E-state index is 0.411. The summed E-state index contributed by atoms with van der Waals surface area (Å²) in [4.78, 5) is 5.62. The van der Waals surface area contributed by atoms with Gasteiger partial charge in [-0.05, 0) is 36.4 Å². The summed E-state index contributed by atoms with van der Waals surface area (Å²) in [6, 6.07) is 18.0. The molecule has 5 heteroatoms. The fourth-order valence-corrected chi connectivity index (χ4v) is 2.75. The quantitative estimate of drug-likeness (QED) is 0.355. The van der Waals surface area contributed by atoms with E-state index in [4.69, 9.17) is 10.5 Å². The van der Waals surface area contributed by atoms with Crippen LogP contribution in [0.25, 0.3) is 0 Å². The number of nitrogens with two attached hydrogens (primary N) is 1. The van der Waals surface area contributed by atoms with Crippen LogP contribution in [0, 0.1) is 0 Å². The third kappa shape index (κ3) is 5.33. The lowest BCUT2D eigenvalue weighted by atomic mass is 10.3. The zero-order valence-electron chi connectivity index (χ0n) is 12.7. The van der Waals surface area contributed by atoms with Crippen LogP contribution >= 0.6 is 11.8 Å². The van der Waals surface area contributed by atoms with Gasteiger partial charge in [-0.3, -0.25) is 4.99 Å². The molecular weight excluding hydrogens is 294 g/mol. The maximum absolute atomic E-state index is 5.90. The largest absolute Gasteiger partial charge is 0.495 e. The number of anilines is 1. The Labute approximate surface area is 135 Å². The van der Waals surface area contributed by atoms with Crippen molar-refractivity contribution in [1.29, 1.82) is 0 Å². The van der Waals surface area contributed by atoms with Gasteiger partial charge in [0, 0.05) is 11.4 Å². The molecule has 0 aliphatic carbocycles. The molecule has 116 valence electrons. The highest BCUT2D eigenvalue weighted by atomic mass is 32.2. The zero-order valence-corrected chi connectivity index (χ0v) is 13.5. The topological polar surface area (TPSA) is 59.6 Å². The third-order valence-corrected chi connectivity index (χ3v) is 4.06. The average Bonchev–Trinajstić information content (AvgIpc) is 2.56. The Morgan fingerprint density at radius 2 is 1.86 bits per heavy atom. The van der Waals surface area contributed by atoms with E-state index in [9.17, 15) is 0 Å². The van der Waals surface area contributed by atoms with Crippen molar-refractivity contribution in [2.75, 3.05) is 24.7 Å². The molecule has 22 heavy (non-hydrogen) atoms. The summed E-state index contributed by atoms with van der Waals surface area (Å²) >= 11 is 1.83. The molecule has 0 aromatic heterocycles. The number of benzene rings is 2. The Balaban J connectivity index is 1.73. The van der Waals surface area contributed by atoms with Crippen LogP contribution in [0.1, 0.15) is 6.42 Å². The van der Waals surface area contributed by atoms with E-state index in [0.717, 1.165) is 23.6 Å². The second-order valence-corrected chi connectivity index (χ2v) is 5.78. The van der Waals surface area contributed by atoms with Crippen LogP contribution in [0.3, 0.4) is 0 Å². The van der Waals surface area contributed by atoms with Gasteiger partial charge in [0.15, 0.2) is 5.96 Å². The Morgan fingerprint density at radius 3 is 2.64 bits per heavy atom. The summed E-state index contributed by atoms with van der Waals surface area (Å²) in [6.45, 7) is 0.702. The van der Waals surface area contributed by atoms with E-state index in [2.05, 4.69) is 34.6 Å². The minimum Gasteiger partial charge on any atom is -0.495 e. The predicted molar refractivity (Wildman–Crippen MR) is 94.9 cm³/mol. The van der Waals surface area contributed by atoms with Crippen molar-refractivity contribution in [2.45, 2.75) is 11.3 Å². The summed E-state index contributed by atoms with van der Waals surface area (Å²) in [7, 11) is 1.63. The molecule has 0 spiro atoms. The van der Waals surface area contributed by atoms with Crippen LogP contribution in [0.5, 0.6) is 5.75 Å². The highest BCUT2D eigenvalue weighted by molar-refractivity contribution is 7.99. The van der Waals surface area contributed by atoms with Gasteiger partial charge in [-0.25, -0.2) is 0 Å². The predicted octanol–water partition coefficient (Wildman–Crippen LogP) is 3.60. The van der Waals surface area contributed by atoms with Gasteiger partial charge < -0.3 is 15.8 Å². The second kappa shape index (κ2) is 9.00. The van der Waals surface area contributed by atoms with E-state index in [0.29, 0.717) is 12.5 Å².